The molecular formula is C11H7NaO3S. The van der Waals surface area contributed by atoms with Gasteiger partial charge >= 0.3 is 29.6 Å². The summed E-state index contributed by atoms with van der Waals surface area (Å²) in [5.41, 5.74) is 0.593. The van der Waals surface area contributed by atoms with Gasteiger partial charge in [-0.2, -0.15) is 0 Å². The van der Waals surface area contributed by atoms with Crippen molar-refractivity contribution in [1.29, 1.82) is 0 Å². The zero-order valence-electron chi connectivity index (χ0n) is 8.94. The van der Waals surface area contributed by atoms with Crippen LogP contribution in [0.25, 0.3) is 10.8 Å². The van der Waals surface area contributed by atoms with Crippen LogP contribution in [0.2, 0.25) is 0 Å². The van der Waals surface area contributed by atoms with Crippen molar-refractivity contribution in [2.45, 2.75) is 6.92 Å². The SMILES string of the molecule is Cc1c(C(=O)[O-])sc(=O)c2ccccc12.[Na+]. The molecule has 2 rings (SSSR count). The molecule has 0 N–H and O–H groups in total. The third-order valence-electron chi connectivity index (χ3n) is 2.27. The van der Waals surface area contributed by atoms with E-state index in [1.807, 2.05) is 0 Å². The largest absolute Gasteiger partial charge is 1.00 e. The van der Waals surface area contributed by atoms with Gasteiger partial charge in [-0.15, -0.1) is 0 Å². The minimum Gasteiger partial charge on any atom is -0.544 e. The Kier molecular flexibility index (Phi) is 4.27. The molecule has 0 aliphatic carbocycles. The van der Waals surface area contributed by atoms with Crippen LogP contribution in [-0.4, -0.2) is 5.97 Å². The molecule has 0 radical (unpaired) electrons. The monoisotopic (exact) mass is 242 g/mol. The fourth-order valence-electron chi connectivity index (χ4n) is 1.53. The maximum absolute atomic E-state index is 11.6. The first kappa shape index (κ1) is 13.4. The van der Waals surface area contributed by atoms with E-state index in [-0.39, 0.29) is 39.2 Å². The van der Waals surface area contributed by atoms with Gasteiger partial charge in [0.15, 0.2) is 0 Å². The van der Waals surface area contributed by atoms with Crippen LogP contribution in [0.3, 0.4) is 0 Å². The third kappa shape index (κ3) is 2.20. The first-order chi connectivity index (χ1) is 7.11. The average molecular weight is 242 g/mol. The second-order valence-electron chi connectivity index (χ2n) is 3.18. The predicted molar refractivity (Wildman–Crippen MR) is 57.2 cm³/mol. The van der Waals surface area contributed by atoms with Gasteiger partial charge in [-0.1, -0.05) is 29.5 Å². The minimum atomic E-state index is -1.29. The van der Waals surface area contributed by atoms with Crippen LogP contribution in [0.15, 0.2) is 29.1 Å². The number of carboxylic acids is 1. The van der Waals surface area contributed by atoms with E-state index in [0.717, 1.165) is 11.3 Å². The van der Waals surface area contributed by atoms with E-state index in [1.165, 1.54) is 0 Å². The quantitative estimate of drug-likeness (QED) is 0.540. The van der Waals surface area contributed by atoms with Gasteiger partial charge in [0.2, 0.25) is 4.74 Å². The number of fused-ring (bicyclic) bond motifs is 1. The molecule has 0 spiro atoms. The molecule has 3 nitrogen and oxygen atoms in total. The van der Waals surface area contributed by atoms with Crippen molar-refractivity contribution in [1.82, 2.24) is 0 Å². The number of aryl methyl sites for hydroxylation is 1. The van der Waals surface area contributed by atoms with Crippen molar-refractivity contribution in [2.75, 3.05) is 0 Å². The zero-order valence-corrected chi connectivity index (χ0v) is 11.8. The van der Waals surface area contributed by atoms with Crippen molar-refractivity contribution in [3.8, 4) is 0 Å². The van der Waals surface area contributed by atoms with Crippen LogP contribution >= 0.6 is 11.3 Å². The van der Waals surface area contributed by atoms with Gasteiger partial charge in [-0.3, -0.25) is 4.79 Å². The van der Waals surface area contributed by atoms with E-state index < -0.39 is 5.97 Å². The van der Waals surface area contributed by atoms with E-state index in [4.69, 9.17) is 0 Å². The molecule has 0 saturated carbocycles. The van der Waals surface area contributed by atoms with Gasteiger partial charge in [0.05, 0.1) is 10.8 Å². The maximum Gasteiger partial charge on any atom is 1.00 e. The number of carbonyl (C=O) groups excluding carboxylic acids is 1. The van der Waals surface area contributed by atoms with E-state index in [1.54, 1.807) is 31.2 Å². The Morgan fingerprint density at radius 1 is 1.25 bits per heavy atom. The number of carboxylic acid groups (broad SMARTS) is 1. The van der Waals surface area contributed by atoms with Crippen LogP contribution < -0.4 is 39.4 Å². The summed E-state index contributed by atoms with van der Waals surface area (Å²) >= 11 is 0.724. The van der Waals surface area contributed by atoms with Gasteiger partial charge in [0, 0.05) is 5.39 Å². The molecule has 2 aromatic rings. The Morgan fingerprint density at radius 2 is 1.81 bits per heavy atom. The summed E-state index contributed by atoms with van der Waals surface area (Å²) in [6, 6.07) is 6.97. The Labute approximate surface area is 118 Å². The first-order valence-corrected chi connectivity index (χ1v) is 5.16. The molecule has 0 atom stereocenters. The molecule has 0 unspecified atom stereocenters. The molecule has 0 saturated heterocycles. The van der Waals surface area contributed by atoms with Gasteiger partial charge in [0.1, 0.15) is 0 Å². The number of rotatable bonds is 1. The second kappa shape index (κ2) is 5.10. The van der Waals surface area contributed by atoms with Crippen LogP contribution in [0, 0.1) is 6.92 Å². The summed E-state index contributed by atoms with van der Waals surface area (Å²) in [5.74, 6) is -1.29. The Hall–Kier alpha value is -0.680. The molecule has 1 aromatic heterocycles. The number of benzene rings is 1. The smallest absolute Gasteiger partial charge is 0.544 e. The molecule has 0 aliphatic heterocycles. The molecule has 0 bridgehead atoms. The molecule has 0 amide bonds. The van der Waals surface area contributed by atoms with E-state index in [0.29, 0.717) is 16.3 Å². The topological polar surface area (TPSA) is 57.2 Å². The summed E-state index contributed by atoms with van der Waals surface area (Å²) < 4.78 is -0.240. The summed E-state index contributed by atoms with van der Waals surface area (Å²) in [6.07, 6.45) is 0. The Bertz CT molecular complexity index is 604. The van der Waals surface area contributed by atoms with Crippen LogP contribution in [0.1, 0.15) is 15.2 Å². The molecule has 76 valence electrons. The molecule has 16 heavy (non-hydrogen) atoms. The molecule has 0 fully saturated rings. The molecule has 1 heterocycles. The number of aromatic carboxylic acids is 1. The Morgan fingerprint density at radius 3 is 2.38 bits per heavy atom. The van der Waals surface area contributed by atoms with Gasteiger partial charge < -0.3 is 9.90 Å². The van der Waals surface area contributed by atoms with Crippen molar-refractivity contribution in [3.05, 3.63) is 44.2 Å². The number of carbonyl (C=O) groups is 1. The van der Waals surface area contributed by atoms with E-state index >= 15 is 0 Å². The van der Waals surface area contributed by atoms with Crippen molar-refractivity contribution in [3.63, 3.8) is 0 Å². The summed E-state index contributed by atoms with van der Waals surface area (Å²) in [6.45, 7) is 1.68. The third-order valence-corrected chi connectivity index (χ3v) is 3.35. The molecule has 5 heteroatoms. The van der Waals surface area contributed by atoms with Crippen molar-refractivity contribution < 1.29 is 39.5 Å². The standard InChI is InChI=1S/C11H8O3S.Na/c1-6-7-4-2-3-5-8(7)11(14)15-9(6)10(12)13;/h2-5H,1H3,(H,12,13);/q;+1/p-1. The van der Waals surface area contributed by atoms with Crippen molar-refractivity contribution in [2.24, 2.45) is 0 Å². The number of hydrogen-bond donors (Lipinski definition) is 0. The Balaban J connectivity index is 0.00000128. The van der Waals surface area contributed by atoms with Crippen molar-refractivity contribution >= 4 is 28.1 Å². The average Bonchev–Trinajstić information content (AvgIpc) is 2.23. The predicted octanol–water partition coefficient (Wildman–Crippen LogP) is -2.06. The fourth-order valence-corrected chi connectivity index (χ4v) is 2.35. The summed E-state index contributed by atoms with van der Waals surface area (Å²) in [7, 11) is 0. The molecule has 1 aromatic carbocycles. The van der Waals surface area contributed by atoms with Gasteiger partial charge in [0.25, 0.3) is 0 Å². The summed E-state index contributed by atoms with van der Waals surface area (Å²) in [4.78, 5) is 22.4. The molecular weight excluding hydrogens is 235 g/mol. The fraction of sp³-hybridized carbons (Fsp3) is 0.0909. The van der Waals surface area contributed by atoms with Crippen LogP contribution in [0.4, 0.5) is 0 Å². The normalized spacial score (nSPS) is 9.81. The summed E-state index contributed by atoms with van der Waals surface area (Å²) in [5, 5.41) is 12.0. The van der Waals surface area contributed by atoms with Crippen LogP contribution in [-0.2, 0) is 0 Å². The van der Waals surface area contributed by atoms with Gasteiger partial charge in [-0.25, -0.2) is 0 Å². The second-order valence-corrected chi connectivity index (χ2v) is 4.16. The number of hydrogen-bond acceptors (Lipinski definition) is 4. The zero-order chi connectivity index (χ0) is 11.0. The van der Waals surface area contributed by atoms with Gasteiger partial charge in [-0.05, 0) is 23.9 Å². The van der Waals surface area contributed by atoms with Crippen LogP contribution in [0.5, 0.6) is 0 Å². The minimum absolute atomic E-state index is 0. The molecule has 0 aliphatic rings. The van der Waals surface area contributed by atoms with E-state index in [9.17, 15) is 14.7 Å². The van der Waals surface area contributed by atoms with E-state index in [2.05, 4.69) is 0 Å². The first-order valence-electron chi connectivity index (χ1n) is 4.35. The maximum atomic E-state index is 11.6.